The highest BCUT2D eigenvalue weighted by Crippen LogP contribution is 2.16. The lowest BCUT2D eigenvalue weighted by Crippen LogP contribution is -2.38. The van der Waals surface area contributed by atoms with E-state index in [9.17, 15) is 0 Å². The molecule has 0 aromatic heterocycles. The molecule has 0 heterocycles. The summed E-state index contributed by atoms with van der Waals surface area (Å²) in [4.78, 5) is 0. The van der Waals surface area contributed by atoms with Gasteiger partial charge in [0.25, 0.3) is 0 Å². The average molecular weight is 202 g/mol. The molecule has 1 unspecified atom stereocenters. The fourth-order valence-corrected chi connectivity index (χ4v) is 1.38. The van der Waals surface area contributed by atoms with Crippen LogP contribution in [0, 0.1) is 18.3 Å². The van der Waals surface area contributed by atoms with Crippen molar-refractivity contribution in [2.24, 2.45) is 0 Å². The first-order valence-electron chi connectivity index (χ1n) is 5.16. The van der Waals surface area contributed by atoms with Gasteiger partial charge in [-0.25, -0.2) is 0 Å². The summed E-state index contributed by atoms with van der Waals surface area (Å²) in [5.74, 6) is 0. The van der Waals surface area contributed by atoms with Crippen LogP contribution in [0.1, 0.15) is 37.9 Å². The Labute approximate surface area is 91.9 Å². The van der Waals surface area contributed by atoms with Crippen LogP contribution in [0.2, 0.25) is 0 Å². The molecule has 0 radical (unpaired) electrons. The van der Waals surface area contributed by atoms with Gasteiger partial charge in [-0.2, -0.15) is 5.26 Å². The van der Waals surface area contributed by atoms with E-state index in [1.54, 1.807) is 0 Å². The second-order valence-corrected chi connectivity index (χ2v) is 4.87. The van der Waals surface area contributed by atoms with Crippen LogP contribution in [0.3, 0.4) is 0 Å². The molecule has 0 amide bonds. The highest BCUT2D eigenvalue weighted by molar-refractivity contribution is 5.27. The van der Waals surface area contributed by atoms with Gasteiger partial charge in [0.15, 0.2) is 0 Å². The number of nitrogens with zero attached hydrogens (tertiary/aromatic N) is 1. The fourth-order valence-electron chi connectivity index (χ4n) is 1.38. The van der Waals surface area contributed by atoms with Crippen molar-refractivity contribution in [3.05, 3.63) is 35.4 Å². The Morgan fingerprint density at radius 3 is 2.13 bits per heavy atom. The zero-order chi connectivity index (χ0) is 11.5. The molecular formula is C13H18N2. The quantitative estimate of drug-likeness (QED) is 0.800. The Morgan fingerprint density at radius 2 is 1.73 bits per heavy atom. The van der Waals surface area contributed by atoms with Crippen LogP contribution in [0.4, 0.5) is 0 Å². The lowest BCUT2D eigenvalue weighted by atomic mass is 10.0. The highest BCUT2D eigenvalue weighted by Gasteiger charge is 2.17. The number of aryl methyl sites for hydroxylation is 1. The highest BCUT2D eigenvalue weighted by atomic mass is 15.0. The fraction of sp³-hybridized carbons (Fsp3) is 0.462. The van der Waals surface area contributed by atoms with Crippen molar-refractivity contribution in [1.82, 2.24) is 5.32 Å². The second-order valence-electron chi connectivity index (χ2n) is 4.87. The van der Waals surface area contributed by atoms with Gasteiger partial charge in [0.05, 0.1) is 6.07 Å². The Kier molecular flexibility index (Phi) is 3.49. The zero-order valence-corrected chi connectivity index (χ0v) is 9.83. The van der Waals surface area contributed by atoms with E-state index in [-0.39, 0.29) is 11.6 Å². The molecule has 0 saturated carbocycles. The maximum absolute atomic E-state index is 9.10. The van der Waals surface area contributed by atoms with Crippen molar-refractivity contribution in [2.75, 3.05) is 0 Å². The molecule has 1 atom stereocenters. The second kappa shape index (κ2) is 4.46. The molecule has 80 valence electrons. The number of nitrogens with one attached hydrogen (secondary N) is 1. The Hall–Kier alpha value is -1.33. The lowest BCUT2D eigenvalue weighted by Gasteiger charge is -2.24. The van der Waals surface area contributed by atoms with E-state index in [2.05, 4.69) is 32.2 Å². The third kappa shape index (κ3) is 3.73. The number of rotatable bonds is 2. The van der Waals surface area contributed by atoms with Crippen LogP contribution in [-0.4, -0.2) is 5.54 Å². The molecule has 0 bridgehead atoms. The van der Waals surface area contributed by atoms with Gasteiger partial charge >= 0.3 is 0 Å². The van der Waals surface area contributed by atoms with Crippen LogP contribution in [-0.2, 0) is 0 Å². The molecule has 0 spiro atoms. The van der Waals surface area contributed by atoms with Crippen LogP contribution >= 0.6 is 0 Å². The Balaban J connectivity index is 2.85. The van der Waals surface area contributed by atoms with Crippen LogP contribution < -0.4 is 5.32 Å². The minimum absolute atomic E-state index is 0.0503. The van der Waals surface area contributed by atoms with E-state index >= 15 is 0 Å². The number of benzene rings is 1. The summed E-state index contributed by atoms with van der Waals surface area (Å²) in [6.45, 7) is 8.23. The third-order valence-corrected chi connectivity index (χ3v) is 2.12. The summed E-state index contributed by atoms with van der Waals surface area (Å²) in [5, 5.41) is 12.4. The topological polar surface area (TPSA) is 35.8 Å². The number of hydrogen-bond acceptors (Lipinski definition) is 2. The van der Waals surface area contributed by atoms with Crippen LogP contribution in [0.15, 0.2) is 24.3 Å². The molecule has 0 aliphatic heterocycles. The summed E-state index contributed by atoms with van der Waals surface area (Å²) in [6, 6.07) is 10.1. The monoisotopic (exact) mass is 202 g/mol. The summed E-state index contributed by atoms with van der Waals surface area (Å²) in [7, 11) is 0. The van der Waals surface area contributed by atoms with Gasteiger partial charge in [-0.3, -0.25) is 5.32 Å². The summed E-state index contributed by atoms with van der Waals surface area (Å²) in [5.41, 5.74) is 2.19. The molecule has 1 rings (SSSR count). The standard InChI is InChI=1S/C13H18N2/c1-10-5-7-11(8-6-10)12(9-14)15-13(2,3)4/h5-8,12,15H,1-4H3. The minimum atomic E-state index is -0.231. The predicted molar refractivity (Wildman–Crippen MR) is 62.4 cm³/mol. The molecule has 0 saturated heterocycles. The van der Waals surface area contributed by atoms with Crippen LogP contribution in [0.5, 0.6) is 0 Å². The van der Waals surface area contributed by atoms with Crippen molar-refractivity contribution >= 4 is 0 Å². The molecule has 2 heteroatoms. The average Bonchev–Trinajstić information content (AvgIpc) is 2.14. The first-order valence-corrected chi connectivity index (χ1v) is 5.16. The number of hydrogen-bond donors (Lipinski definition) is 1. The molecule has 1 N–H and O–H groups in total. The van der Waals surface area contributed by atoms with Gasteiger partial charge in [0.2, 0.25) is 0 Å². The van der Waals surface area contributed by atoms with E-state index in [0.717, 1.165) is 5.56 Å². The summed E-state index contributed by atoms with van der Waals surface area (Å²) in [6.07, 6.45) is 0. The molecule has 0 aliphatic rings. The molecule has 1 aromatic carbocycles. The molecule has 0 fully saturated rings. The maximum atomic E-state index is 9.10. The minimum Gasteiger partial charge on any atom is -0.293 e. The van der Waals surface area contributed by atoms with E-state index < -0.39 is 0 Å². The number of nitriles is 1. The molecule has 15 heavy (non-hydrogen) atoms. The first kappa shape index (κ1) is 11.7. The molecular weight excluding hydrogens is 184 g/mol. The summed E-state index contributed by atoms with van der Waals surface area (Å²) < 4.78 is 0. The van der Waals surface area contributed by atoms with Crippen molar-refractivity contribution in [1.29, 1.82) is 5.26 Å². The molecule has 1 aromatic rings. The van der Waals surface area contributed by atoms with Gasteiger partial charge in [-0.15, -0.1) is 0 Å². The zero-order valence-electron chi connectivity index (χ0n) is 9.83. The Morgan fingerprint density at radius 1 is 1.20 bits per heavy atom. The van der Waals surface area contributed by atoms with Gasteiger partial charge < -0.3 is 0 Å². The van der Waals surface area contributed by atoms with E-state index in [4.69, 9.17) is 5.26 Å². The van der Waals surface area contributed by atoms with Crippen molar-refractivity contribution in [2.45, 2.75) is 39.3 Å². The third-order valence-electron chi connectivity index (χ3n) is 2.12. The van der Waals surface area contributed by atoms with Crippen molar-refractivity contribution in [3.63, 3.8) is 0 Å². The Bertz CT molecular complexity index is 352. The smallest absolute Gasteiger partial charge is 0.121 e. The van der Waals surface area contributed by atoms with Gasteiger partial charge in [-0.05, 0) is 33.3 Å². The normalized spacial score (nSPS) is 13.3. The largest absolute Gasteiger partial charge is 0.293 e. The van der Waals surface area contributed by atoms with Crippen molar-refractivity contribution in [3.8, 4) is 6.07 Å². The van der Waals surface area contributed by atoms with E-state index in [0.29, 0.717) is 0 Å². The van der Waals surface area contributed by atoms with Crippen molar-refractivity contribution < 1.29 is 0 Å². The SMILES string of the molecule is Cc1ccc(C(C#N)NC(C)(C)C)cc1. The predicted octanol–water partition coefficient (Wildman–Crippen LogP) is 2.95. The van der Waals surface area contributed by atoms with Gasteiger partial charge in [-0.1, -0.05) is 29.8 Å². The molecule has 0 aliphatic carbocycles. The van der Waals surface area contributed by atoms with E-state index in [1.165, 1.54) is 5.56 Å². The van der Waals surface area contributed by atoms with E-state index in [1.807, 2.05) is 31.2 Å². The first-order chi connectivity index (χ1) is 6.92. The van der Waals surface area contributed by atoms with Gasteiger partial charge in [0.1, 0.15) is 6.04 Å². The lowest BCUT2D eigenvalue weighted by molar-refractivity contribution is 0.400. The van der Waals surface area contributed by atoms with Gasteiger partial charge in [0, 0.05) is 5.54 Å². The molecule has 2 nitrogen and oxygen atoms in total. The maximum Gasteiger partial charge on any atom is 0.121 e. The van der Waals surface area contributed by atoms with Crippen LogP contribution in [0.25, 0.3) is 0 Å². The summed E-state index contributed by atoms with van der Waals surface area (Å²) >= 11 is 0.